The summed E-state index contributed by atoms with van der Waals surface area (Å²) in [6.07, 6.45) is 1.95. The summed E-state index contributed by atoms with van der Waals surface area (Å²) in [4.78, 5) is 47.2. The summed E-state index contributed by atoms with van der Waals surface area (Å²) in [5, 5.41) is 3.17. The predicted octanol–water partition coefficient (Wildman–Crippen LogP) is 0.456. The van der Waals surface area contributed by atoms with Crippen LogP contribution in [-0.2, 0) is 16.1 Å². The fraction of sp³-hybridized carbons (Fsp3) is 0.474. The number of nitrogens with zero attached hydrogens (tertiary/aromatic N) is 3. The first-order chi connectivity index (χ1) is 13.6. The largest absolute Gasteiger partial charge is 0.377 e. The number of imide groups is 1. The smallest absolute Gasteiger partial charge is 0.324 e. The highest BCUT2D eigenvalue weighted by Crippen LogP contribution is 2.15. The Kier molecular flexibility index (Phi) is 5.36. The fourth-order valence-corrected chi connectivity index (χ4v) is 3.67. The molecule has 148 valence electrons. The van der Waals surface area contributed by atoms with Crippen molar-refractivity contribution in [1.82, 2.24) is 25.1 Å². The molecule has 0 aliphatic carbocycles. The SMILES string of the molecule is O=C(CN(Cc1nc2ccccc2c(=O)[nH]1)C[C@@H]1CCCO1)N1CCNC1=O. The number of aromatic amines is 1. The van der Waals surface area contributed by atoms with Crippen LogP contribution < -0.4 is 10.9 Å². The Bertz CT molecular complexity index is 937. The van der Waals surface area contributed by atoms with Crippen molar-refractivity contribution < 1.29 is 14.3 Å². The molecule has 1 aromatic carbocycles. The number of hydrogen-bond donors (Lipinski definition) is 2. The number of rotatable bonds is 6. The summed E-state index contributed by atoms with van der Waals surface area (Å²) in [6, 6.07) is 6.78. The van der Waals surface area contributed by atoms with Crippen molar-refractivity contribution >= 4 is 22.8 Å². The molecular formula is C19H23N5O4. The van der Waals surface area contributed by atoms with Crippen molar-refractivity contribution in [2.75, 3.05) is 32.8 Å². The summed E-state index contributed by atoms with van der Waals surface area (Å²) >= 11 is 0. The Hall–Kier alpha value is -2.78. The summed E-state index contributed by atoms with van der Waals surface area (Å²) in [5.41, 5.74) is 0.409. The number of nitrogens with one attached hydrogen (secondary N) is 2. The highest BCUT2D eigenvalue weighted by molar-refractivity contribution is 5.96. The lowest BCUT2D eigenvalue weighted by Crippen LogP contribution is -2.44. The van der Waals surface area contributed by atoms with Crippen LogP contribution in [-0.4, -0.2) is 70.6 Å². The van der Waals surface area contributed by atoms with Crippen molar-refractivity contribution in [1.29, 1.82) is 0 Å². The first-order valence-electron chi connectivity index (χ1n) is 9.50. The lowest BCUT2D eigenvalue weighted by molar-refractivity contribution is -0.129. The zero-order valence-electron chi connectivity index (χ0n) is 15.5. The Labute approximate surface area is 161 Å². The van der Waals surface area contributed by atoms with Gasteiger partial charge in [0, 0.05) is 26.2 Å². The molecule has 0 radical (unpaired) electrons. The fourth-order valence-electron chi connectivity index (χ4n) is 3.67. The quantitative estimate of drug-likeness (QED) is 0.748. The molecule has 3 amide bonds. The van der Waals surface area contributed by atoms with Crippen LogP contribution in [0, 0.1) is 0 Å². The second kappa shape index (κ2) is 8.07. The lowest BCUT2D eigenvalue weighted by Gasteiger charge is -2.25. The third-order valence-electron chi connectivity index (χ3n) is 5.04. The Morgan fingerprint density at radius 1 is 1.32 bits per heavy atom. The molecule has 1 aromatic heterocycles. The average molecular weight is 385 g/mol. The van der Waals surface area contributed by atoms with Gasteiger partial charge in [-0.1, -0.05) is 12.1 Å². The molecule has 9 heteroatoms. The summed E-state index contributed by atoms with van der Waals surface area (Å²) < 4.78 is 5.71. The molecule has 2 aliphatic heterocycles. The number of amides is 3. The molecule has 1 atom stereocenters. The number of para-hydroxylation sites is 1. The third kappa shape index (κ3) is 4.05. The van der Waals surface area contributed by atoms with Gasteiger partial charge >= 0.3 is 6.03 Å². The van der Waals surface area contributed by atoms with Crippen molar-refractivity contribution in [3.05, 3.63) is 40.4 Å². The summed E-state index contributed by atoms with van der Waals surface area (Å²) in [6.45, 7) is 2.45. The van der Waals surface area contributed by atoms with Gasteiger partial charge in [-0.2, -0.15) is 0 Å². The normalized spacial score (nSPS) is 19.5. The lowest BCUT2D eigenvalue weighted by atomic mass is 10.2. The molecule has 0 spiro atoms. The average Bonchev–Trinajstić information content (AvgIpc) is 3.33. The molecule has 2 aromatic rings. The van der Waals surface area contributed by atoms with Gasteiger partial charge in [0.25, 0.3) is 5.56 Å². The zero-order valence-corrected chi connectivity index (χ0v) is 15.5. The minimum atomic E-state index is -0.362. The third-order valence-corrected chi connectivity index (χ3v) is 5.04. The van der Waals surface area contributed by atoms with Crippen molar-refractivity contribution in [2.45, 2.75) is 25.5 Å². The first kappa shape index (κ1) is 18.6. The van der Waals surface area contributed by atoms with E-state index in [9.17, 15) is 14.4 Å². The maximum absolute atomic E-state index is 12.6. The van der Waals surface area contributed by atoms with Gasteiger partial charge in [0.15, 0.2) is 0 Å². The Morgan fingerprint density at radius 2 is 2.18 bits per heavy atom. The number of carbonyl (C=O) groups excluding carboxylic acids is 2. The van der Waals surface area contributed by atoms with E-state index in [4.69, 9.17) is 4.74 Å². The highest BCUT2D eigenvalue weighted by Gasteiger charge is 2.29. The van der Waals surface area contributed by atoms with E-state index in [1.54, 1.807) is 18.2 Å². The molecule has 9 nitrogen and oxygen atoms in total. The van der Waals surface area contributed by atoms with Crippen LogP contribution >= 0.6 is 0 Å². The number of urea groups is 1. The number of fused-ring (bicyclic) bond motifs is 1. The van der Waals surface area contributed by atoms with E-state index >= 15 is 0 Å². The van der Waals surface area contributed by atoms with Gasteiger partial charge in [0.2, 0.25) is 5.91 Å². The van der Waals surface area contributed by atoms with Crippen LogP contribution in [0.4, 0.5) is 4.79 Å². The zero-order chi connectivity index (χ0) is 19.5. The van der Waals surface area contributed by atoms with Gasteiger partial charge in [0.1, 0.15) is 5.82 Å². The Morgan fingerprint density at radius 3 is 2.93 bits per heavy atom. The maximum Gasteiger partial charge on any atom is 0.324 e. The molecule has 2 aliphatic rings. The van der Waals surface area contributed by atoms with E-state index in [1.165, 1.54) is 4.90 Å². The van der Waals surface area contributed by atoms with Crippen LogP contribution in [0.2, 0.25) is 0 Å². The first-order valence-corrected chi connectivity index (χ1v) is 9.50. The maximum atomic E-state index is 12.6. The van der Waals surface area contributed by atoms with Gasteiger partial charge in [-0.15, -0.1) is 0 Å². The Balaban J connectivity index is 1.53. The number of ether oxygens (including phenoxy) is 1. The molecule has 2 fully saturated rings. The van der Waals surface area contributed by atoms with Gasteiger partial charge in [-0.05, 0) is 25.0 Å². The van der Waals surface area contributed by atoms with E-state index in [0.29, 0.717) is 49.5 Å². The van der Waals surface area contributed by atoms with Gasteiger partial charge < -0.3 is 15.0 Å². The minimum absolute atomic E-state index is 0.0346. The highest BCUT2D eigenvalue weighted by atomic mass is 16.5. The van der Waals surface area contributed by atoms with E-state index < -0.39 is 0 Å². The second-order valence-corrected chi connectivity index (χ2v) is 7.11. The van der Waals surface area contributed by atoms with Gasteiger partial charge in [0.05, 0.1) is 30.1 Å². The van der Waals surface area contributed by atoms with Crippen molar-refractivity contribution in [3.8, 4) is 0 Å². The molecule has 2 N–H and O–H groups in total. The molecule has 0 unspecified atom stereocenters. The summed E-state index contributed by atoms with van der Waals surface area (Å²) in [7, 11) is 0. The van der Waals surface area contributed by atoms with Crippen LogP contribution in [0.3, 0.4) is 0 Å². The summed E-state index contributed by atoms with van der Waals surface area (Å²) in [5.74, 6) is 0.219. The molecule has 0 saturated carbocycles. The van der Waals surface area contributed by atoms with E-state index in [0.717, 1.165) is 12.8 Å². The van der Waals surface area contributed by atoms with Crippen LogP contribution in [0.25, 0.3) is 10.9 Å². The standard InChI is InChI=1S/C19H23N5O4/c25-17(24-8-7-20-19(24)27)12-23(10-13-4-3-9-28-13)11-16-21-15-6-2-1-5-14(15)18(26)22-16/h1-2,5-6,13H,3-4,7-12H2,(H,20,27)(H,21,22,26)/t13-/m0/s1. The predicted molar refractivity (Wildman–Crippen MR) is 102 cm³/mol. The molecule has 0 bridgehead atoms. The van der Waals surface area contributed by atoms with Crippen LogP contribution in [0.1, 0.15) is 18.7 Å². The van der Waals surface area contributed by atoms with Crippen LogP contribution in [0.15, 0.2) is 29.1 Å². The van der Waals surface area contributed by atoms with E-state index in [2.05, 4.69) is 15.3 Å². The van der Waals surface area contributed by atoms with E-state index in [1.807, 2.05) is 11.0 Å². The molecule has 28 heavy (non-hydrogen) atoms. The number of benzene rings is 1. The van der Waals surface area contributed by atoms with Gasteiger partial charge in [-0.25, -0.2) is 9.78 Å². The van der Waals surface area contributed by atoms with Crippen molar-refractivity contribution in [3.63, 3.8) is 0 Å². The molecule has 3 heterocycles. The van der Waals surface area contributed by atoms with Crippen molar-refractivity contribution in [2.24, 2.45) is 0 Å². The minimum Gasteiger partial charge on any atom is -0.377 e. The van der Waals surface area contributed by atoms with Gasteiger partial charge in [-0.3, -0.25) is 19.4 Å². The number of aromatic nitrogens is 2. The molecule has 4 rings (SSSR count). The number of hydrogen-bond acceptors (Lipinski definition) is 6. The number of H-pyrrole nitrogens is 1. The van der Waals surface area contributed by atoms with Crippen LogP contribution in [0.5, 0.6) is 0 Å². The topological polar surface area (TPSA) is 108 Å². The van der Waals surface area contributed by atoms with E-state index in [-0.39, 0.29) is 30.1 Å². The molecular weight excluding hydrogens is 362 g/mol. The molecule has 2 saturated heterocycles. The second-order valence-electron chi connectivity index (χ2n) is 7.11. The number of carbonyl (C=O) groups is 2. The monoisotopic (exact) mass is 385 g/mol.